The second-order valence-electron chi connectivity index (χ2n) is 5.30. The summed E-state index contributed by atoms with van der Waals surface area (Å²) in [5.41, 5.74) is 8.07. The number of amides is 1. The average Bonchev–Trinajstić information content (AvgIpc) is 2.44. The van der Waals surface area contributed by atoms with E-state index in [-0.39, 0.29) is 5.91 Å². The van der Waals surface area contributed by atoms with Crippen molar-refractivity contribution >= 4 is 5.91 Å². The minimum absolute atomic E-state index is 0.194. The molecule has 0 heterocycles. The van der Waals surface area contributed by atoms with Gasteiger partial charge in [0.25, 0.3) is 0 Å². The molecule has 0 fully saturated rings. The minimum atomic E-state index is 0.194. The van der Waals surface area contributed by atoms with Gasteiger partial charge in [0.2, 0.25) is 5.91 Å². The molecule has 0 aromatic heterocycles. The number of carbonyl (C=O) groups excluding carboxylic acids is 1. The Morgan fingerprint density at radius 3 is 2.37 bits per heavy atom. The zero-order valence-corrected chi connectivity index (χ0v) is 12.4. The molecule has 1 amide bonds. The zero-order valence-electron chi connectivity index (χ0n) is 12.4. The predicted molar refractivity (Wildman–Crippen MR) is 79.7 cm³/mol. The summed E-state index contributed by atoms with van der Waals surface area (Å²) in [4.78, 5) is 13.8. The van der Waals surface area contributed by atoms with Crippen molar-refractivity contribution in [3.63, 3.8) is 0 Å². The van der Waals surface area contributed by atoms with E-state index in [1.165, 1.54) is 11.1 Å². The van der Waals surface area contributed by atoms with Crippen LogP contribution in [0.25, 0.3) is 0 Å². The van der Waals surface area contributed by atoms with E-state index in [4.69, 9.17) is 5.73 Å². The molecule has 0 spiro atoms. The molecule has 0 saturated carbocycles. The lowest BCUT2D eigenvalue weighted by Crippen LogP contribution is -2.26. The smallest absolute Gasteiger partial charge is 0.222 e. The van der Waals surface area contributed by atoms with Crippen LogP contribution in [0.1, 0.15) is 37.8 Å². The lowest BCUT2D eigenvalue weighted by atomic mass is 10.1. The second kappa shape index (κ2) is 7.95. The van der Waals surface area contributed by atoms with Crippen molar-refractivity contribution in [2.24, 2.45) is 11.7 Å². The highest BCUT2D eigenvalue weighted by atomic mass is 16.2. The highest BCUT2D eigenvalue weighted by Crippen LogP contribution is 2.10. The van der Waals surface area contributed by atoms with Crippen molar-refractivity contribution in [3.05, 3.63) is 35.4 Å². The maximum absolute atomic E-state index is 12.0. The van der Waals surface area contributed by atoms with Gasteiger partial charge < -0.3 is 10.6 Å². The maximum Gasteiger partial charge on any atom is 0.222 e. The lowest BCUT2D eigenvalue weighted by molar-refractivity contribution is -0.130. The fourth-order valence-corrected chi connectivity index (χ4v) is 1.92. The van der Waals surface area contributed by atoms with Crippen LogP contribution in [0.5, 0.6) is 0 Å². The third kappa shape index (κ3) is 5.43. The molecule has 19 heavy (non-hydrogen) atoms. The Balaban J connectivity index is 2.44. The Morgan fingerprint density at radius 2 is 1.84 bits per heavy atom. The van der Waals surface area contributed by atoms with Gasteiger partial charge in [0, 0.05) is 20.0 Å². The van der Waals surface area contributed by atoms with Crippen molar-refractivity contribution in [3.8, 4) is 0 Å². The number of aryl methyl sites for hydroxylation is 1. The first-order chi connectivity index (χ1) is 9.06. The molecule has 1 aromatic rings. The summed E-state index contributed by atoms with van der Waals surface area (Å²) in [6.45, 7) is 5.55. The highest BCUT2D eigenvalue weighted by molar-refractivity contribution is 5.75. The Kier molecular flexibility index (Phi) is 6.57. The van der Waals surface area contributed by atoms with Crippen molar-refractivity contribution in [2.45, 2.75) is 39.7 Å². The molecule has 1 aromatic carbocycles. The summed E-state index contributed by atoms with van der Waals surface area (Å²) >= 11 is 0. The number of benzene rings is 1. The van der Waals surface area contributed by atoms with Gasteiger partial charge in [-0.25, -0.2) is 0 Å². The molecule has 0 radical (unpaired) electrons. The van der Waals surface area contributed by atoms with E-state index < -0.39 is 0 Å². The number of hydrogen-bond donors (Lipinski definition) is 1. The van der Waals surface area contributed by atoms with E-state index in [1.54, 1.807) is 4.90 Å². The van der Waals surface area contributed by atoms with Crippen LogP contribution in [0.2, 0.25) is 0 Å². The van der Waals surface area contributed by atoms with Gasteiger partial charge in [-0.2, -0.15) is 0 Å². The quantitative estimate of drug-likeness (QED) is 0.821. The number of rotatable bonds is 7. The third-order valence-electron chi connectivity index (χ3n) is 3.53. The molecule has 106 valence electrons. The molecule has 1 atom stereocenters. The van der Waals surface area contributed by atoms with E-state index in [0.29, 0.717) is 25.4 Å². The Morgan fingerprint density at radius 1 is 1.26 bits per heavy atom. The van der Waals surface area contributed by atoms with Crippen LogP contribution < -0.4 is 5.73 Å². The first-order valence-electron chi connectivity index (χ1n) is 7.08. The van der Waals surface area contributed by atoms with Gasteiger partial charge in [0.1, 0.15) is 0 Å². The summed E-state index contributed by atoms with van der Waals surface area (Å²) in [6, 6.07) is 8.46. The average molecular weight is 262 g/mol. The molecule has 0 aliphatic carbocycles. The lowest BCUT2D eigenvalue weighted by Gasteiger charge is -2.18. The van der Waals surface area contributed by atoms with Crippen molar-refractivity contribution < 1.29 is 4.79 Å². The number of hydrogen-bond acceptors (Lipinski definition) is 2. The van der Waals surface area contributed by atoms with E-state index in [1.807, 2.05) is 7.05 Å². The monoisotopic (exact) mass is 262 g/mol. The van der Waals surface area contributed by atoms with Gasteiger partial charge in [0.15, 0.2) is 0 Å². The number of nitrogens with two attached hydrogens (primary N) is 1. The van der Waals surface area contributed by atoms with Crippen molar-refractivity contribution in [1.82, 2.24) is 4.90 Å². The molecule has 0 aliphatic heterocycles. The standard InChI is InChI=1S/C16H26N2O/c1-4-14-6-8-15(9-7-14)12-18(3)16(19)10-5-13(2)11-17/h6-9,13H,4-5,10-12,17H2,1-3H3. The highest BCUT2D eigenvalue weighted by Gasteiger charge is 2.10. The topological polar surface area (TPSA) is 46.3 Å². The van der Waals surface area contributed by atoms with Gasteiger partial charge >= 0.3 is 0 Å². The zero-order chi connectivity index (χ0) is 14.3. The van der Waals surface area contributed by atoms with Gasteiger partial charge in [-0.05, 0) is 36.4 Å². The summed E-state index contributed by atoms with van der Waals surface area (Å²) in [5, 5.41) is 0. The maximum atomic E-state index is 12.0. The molecular formula is C16H26N2O. The van der Waals surface area contributed by atoms with Crippen LogP contribution in [0.3, 0.4) is 0 Å². The first kappa shape index (κ1) is 15.7. The van der Waals surface area contributed by atoms with Crippen molar-refractivity contribution in [1.29, 1.82) is 0 Å². The summed E-state index contributed by atoms with van der Waals surface area (Å²) in [6.07, 6.45) is 2.50. The Labute approximate surface area is 116 Å². The molecule has 2 N–H and O–H groups in total. The van der Waals surface area contributed by atoms with Gasteiger partial charge in [-0.15, -0.1) is 0 Å². The molecule has 0 saturated heterocycles. The van der Waals surface area contributed by atoms with Crippen LogP contribution >= 0.6 is 0 Å². The van der Waals surface area contributed by atoms with E-state index in [0.717, 1.165) is 12.8 Å². The fourth-order valence-electron chi connectivity index (χ4n) is 1.92. The predicted octanol–water partition coefficient (Wildman–Crippen LogP) is 2.58. The van der Waals surface area contributed by atoms with E-state index in [9.17, 15) is 4.79 Å². The number of carbonyl (C=O) groups is 1. The minimum Gasteiger partial charge on any atom is -0.341 e. The molecule has 1 rings (SSSR count). The van der Waals surface area contributed by atoms with E-state index >= 15 is 0 Å². The third-order valence-corrected chi connectivity index (χ3v) is 3.53. The largest absolute Gasteiger partial charge is 0.341 e. The Hall–Kier alpha value is -1.35. The van der Waals surface area contributed by atoms with Crippen LogP contribution in [0, 0.1) is 5.92 Å². The van der Waals surface area contributed by atoms with Gasteiger partial charge in [-0.3, -0.25) is 4.79 Å². The second-order valence-corrected chi connectivity index (χ2v) is 5.30. The van der Waals surface area contributed by atoms with Crippen LogP contribution in [0.4, 0.5) is 0 Å². The van der Waals surface area contributed by atoms with Gasteiger partial charge in [-0.1, -0.05) is 38.1 Å². The van der Waals surface area contributed by atoms with Crippen LogP contribution in [-0.2, 0) is 17.8 Å². The van der Waals surface area contributed by atoms with Crippen molar-refractivity contribution in [2.75, 3.05) is 13.6 Å². The fraction of sp³-hybridized carbons (Fsp3) is 0.562. The molecule has 0 aliphatic rings. The Bertz CT molecular complexity index is 386. The van der Waals surface area contributed by atoms with Gasteiger partial charge in [0.05, 0.1) is 0 Å². The molecule has 0 bridgehead atoms. The molecular weight excluding hydrogens is 236 g/mol. The SMILES string of the molecule is CCc1ccc(CN(C)C(=O)CCC(C)CN)cc1. The normalized spacial score (nSPS) is 12.2. The first-order valence-corrected chi connectivity index (χ1v) is 7.08. The summed E-state index contributed by atoms with van der Waals surface area (Å²) < 4.78 is 0. The summed E-state index contributed by atoms with van der Waals surface area (Å²) in [5.74, 6) is 0.612. The van der Waals surface area contributed by atoms with Crippen LogP contribution in [-0.4, -0.2) is 24.4 Å². The summed E-state index contributed by atoms with van der Waals surface area (Å²) in [7, 11) is 1.86. The molecule has 3 nitrogen and oxygen atoms in total. The molecule has 1 unspecified atom stereocenters. The number of nitrogens with zero attached hydrogens (tertiary/aromatic N) is 1. The molecule has 3 heteroatoms. The van der Waals surface area contributed by atoms with Crippen LogP contribution in [0.15, 0.2) is 24.3 Å². The van der Waals surface area contributed by atoms with E-state index in [2.05, 4.69) is 38.1 Å².